The van der Waals surface area contributed by atoms with Gasteiger partial charge in [0.1, 0.15) is 0 Å². The van der Waals surface area contributed by atoms with Crippen molar-refractivity contribution < 1.29 is 24.5 Å². The Hall–Kier alpha value is -1.10. The quantitative estimate of drug-likeness (QED) is 0.554. The molecular formula is C11H18O5. The summed E-state index contributed by atoms with van der Waals surface area (Å²) >= 11 is 0. The predicted octanol–water partition coefficient (Wildman–Crippen LogP) is 0.946. The Labute approximate surface area is 94.4 Å². The highest BCUT2D eigenvalue weighted by Gasteiger charge is 2.38. The molecule has 1 aliphatic rings. The average molecular weight is 230 g/mol. The predicted molar refractivity (Wildman–Crippen MR) is 55.8 cm³/mol. The maximum Gasteiger partial charge on any atom is 0.320 e. The van der Waals surface area contributed by atoms with E-state index >= 15 is 0 Å². The molecule has 0 radical (unpaired) electrons. The van der Waals surface area contributed by atoms with Gasteiger partial charge in [-0.25, -0.2) is 0 Å². The van der Waals surface area contributed by atoms with Crippen molar-refractivity contribution in [1.82, 2.24) is 0 Å². The van der Waals surface area contributed by atoms with Crippen molar-refractivity contribution in [2.24, 2.45) is 5.92 Å². The highest BCUT2D eigenvalue weighted by Crippen LogP contribution is 2.33. The Kier molecular flexibility index (Phi) is 4.29. The molecule has 5 heteroatoms. The molecule has 0 saturated heterocycles. The minimum Gasteiger partial charge on any atom is -0.481 e. The van der Waals surface area contributed by atoms with E-state index in [1.54, 1.807) is 0 Å². The number of carboxylic acid groups (broad SMARTS) is 1. The second kappa shape index (κ2) is 5.30. The highest BCUT2D eigenvalue weighted by atomic mass is 16.5. The van der Waals surface area contributed by atoms with E-state index in [-0.39, 0.29) is 6.42 Å². The van der Waals surface area contributed by atoms with Gasteiger partial charge in [-0.3, -0.25) is 9.59 Å². The smallest absolute Gasteiger partial charge is 0.320 e. The topological polar surface area (TPSA) is 83.8 Å². The maximum atomic E-state index is 11.3. The molecule has 2 N–H and O–H groups in total. The lowest BCUT2D eigenvalue weighted by atomic mass is 9.78. The van der Waals surface area contributed by atoms with E-state index in [1.165, 1.54) is 0 Å². The summed E-state index contributed by atoms with van der Waals surface area (Å²) < 4.78 is 4.43. The monoisotopic (exact) mass is 230 g/mol. The number of hydrogen-bond acceptors (Lipinski definition) is 4. The number of carboxylic acids is 1. The van der Waals surface area contributed by atoms with E-state index in [9.17, 15) is 14.7 Å². The second-order valence-electron chi connectivity index (χ2n) is 4.40. The number of aliphatic carboxylic acids is 1. The summed E-state index contributed by atoms with van der Waals surface area (Å²) in [5.41, 5.74) is -1.02. The van der Waals surface area contributed by atoms with Crippen molar-refractivity contribution in [3.63, 3.8) is 0 Å². The lowest BCUT2D eigenvalue weighted by molar-refractivity contribution is -0.160. The zero-order chi connectivity index (χ0) is 12.2. The molecule has 0 aromatic rings. The van der Waals surface area contributed by atoms with E-state index in [0.717, 1.165) is 26.4 Å². The molecule has 0 aromatic carbocycles. The van der Waals surface area contributed by atoms with Crippen LogP contribution in [0.4, 0.5) is 0 Å². The summed E-state index contributed by atoms with van der Waals surface area (Å²) in [4.78, 5) is 22.2. The van der Waals surface area contributed by atoms with Crippen molar-refractivity contribution in [3.8, 4) is 0 Å². The third kappa shape index (κ3) is 3.20. The molecule has 1 saturated carbocycles. The first-order chi connectivity index (χ1) is 7.48. The van der Waals surface area contributed by atoms with Crippen LogP contribution in [0.3, 0.4) is 0 Å². The van der Waals surface area contributed by atoms with Gasteiger partial charge in [-0.1, -0.05) is 19.3 Å². The number of ether oxygens (including phenoxy) is 1. The molecule has 1 rings (SSSR count). The highest BCUT2D eigenvalue weighted by molar-refractivity contribution is 5.93. The molecule has 1 atom stereocenters. The Morgan fingerprint density at radius 1 is 1.31 bits per heavy atom. The van der Waals surface area contributed by atoms with Gasteiger partial charge in [0, 0.05) is 6.42 Å². The van der Waals surface area contributed by atoms with Crippen LogP contribution in [0.15, 0.2) is 0 Å². The standard InChI is InChI=1S/C11H18O5/c1-16-10(14)8(9(12)13)7-11(15)5-3-2-4-6-11/h8,15H,2-7H2,1H3,(H,12,13). The van der Waals surface area contributed by atoms with Gasteiger partial charge in [0.25, 0.3) is 0 Å². The van der Waals surface area contributed by atoms with E-state index < -0.39 is 23.5 Å². The first-order valence-corrected chi connectivity index (χ1v) is 5.51. The largest absolute Gasteiger partial charge is 0.481 e. The molecule has 0 amide bonds. The third-order valence-electron chi connectivity index (χ3n) is 3.15. The van der Waals surface area contributed by atoms with Gasteiger partial charge in [0.05, 0.1) is 12.7 Å². The van der Waals surface area contributed by atoms with Gasteiger partial charge in [-0.05, 0) is 12.8 Å². The minimum absolute atomic E-state index is 0.0466. The van der Waals surface area contributed by atoms with Crippen LogP contribution in [-0.4, -0.2) is 34.9 Å². The summed E-state index contributed by atoms with van der Waals surface area (Å²) in [7, 11) is 1.16. The van der Waals surface area contributed by atoms with Crippen LogP contribution in [0.25, 0.3) is 0 Å². The minimum atomic E-state index is -1.26. The van der Waals surface area contributed by atoms with Crippen LogP contribution in [0.5, 0.6) is 0 Å². The first-order valence-electron chi connectivity index (χ1n) is 5.51. The molecule has 0 spiro atoms. The maximum absolute atomic E-state index is 11.3. The average Bonchev–Trinajstić information content (AvgIpc) is 2.25. The Morgan fingerprint density at radius 3 is 2.31 bits per heavy atom. The van der Waals surface area contributed by atoms with Gasteiger partial charge in [0.2, 0.25) is 0 Å². The first kappa shape index (κ1) is 13.0. The van der Waals surface area contributed by atoms with E-state index in [0.29, 0.717) is 12.8 Å². The van der Waals surface area contributed by atoms with Crippen LogP contribution in [0.1, 0.15) is 38.5 Å². The molecule has 5 nitrogen and oxygen atoms in total. The van der Waals surface area contributed by atoms with Crippen LogP contribution in [-0.2, 0) is 14.3 Å². The molecular weight excluding hydrogens is 212 g/mol. The van der Waals surface area contributed by atoms with Crippen molar-refractivity contribution in [1.29, 1.82) is 0 Å². The van der Waals surface area contributed by atoms with Gasteiger partial charge in [-0.15, -0.1) is 0 Å². The summed E-state index contributed by atoms with van der Waals surface area (Å²) in [6.45, 7) is 0. The fourth-order valence-corrected chi connectivity index (χ4v) is 2.21. The lowest BCUT2D eigenvalue weighted by Gasteiger charge is -2.33. The molecule has 0 aliphatic heterocycles. The second-order valence-corrected chi connectivity index (χ2v) is 4.40. The molecule has 92 valence electrons. The van der Waals surface area contributed by atoms with E-state index in [1.807, 2.05) is 0 Å². The SMILES string of the molecule is COC(=O)C(CC1(O)CCCCC1)C(=O)O. The molecule has 16 heavy (non-hydrogen) atoms. The number of methoxy groups -OCH3 is 1. The fourth-order valence-electron chi connectivity index (χ4n) is 2.21. The summed E-state index contributed by atoms with van der Waals surface area (Å²) in [6.07, 6.45) is 3.89. The van der Waals surface area contributed by atoms with Crippen LogP contribution >= 0.6 is 0 Å². The van der Waals surface area contributed by atoms with Crippen LogP contribution in [0.2, 0.25) is 0 Å². The third-order valence-corrected chi connectivity index (χ3v) is 3.15. The lowest BCUT2D eigenvalue weighted by Crippen LogP contribution is -2.39. The Bertz CT molecular complexity index is 268. The van der Waals surface area contributed by atoms with Gasteiger partial charge in [-0.2, -0.15) is 0 Å². The molecule has 0 heterocycles. The molecule has 1 fully saturated rings. The normalized spacial score (nSPS) is 21.1. The van der Waals surface area contributed by atoms with Crippen molar-refractivity contribution >= 4 is 11.9 Å². The van der Waals surface area contributed by atoms with Crippen molar-refractivity contribution in [2.75, 3.05) is 7.11 Å². The fraction of sp³-hybridized carbons (Fsp3) is 0.818. The van der Waals surface area contributed by atoms with Crippen LogP contribution in [0, 0.1) is 5.92 Å². The molecule has 0 aromatic heterocycles. The van der Waals surface area contributed by atoms with Crippen molar-refractivity contribution in [2.45, 2.75) is 44.1 Å². The molecule has 0 bridgehead atoms. The number of carbonyl (C=O) groups excluding carboxylic acids is 1. The Morgan fingerprint density at radius 2 is 1.88 bits per heavy atom. The van der Waals surface area contributed by atoms with Gasteiger partial charge < -0.3 is 14.9 Å². The summed E-state index contributed by atoms with van der Waals surface area (Å²) in [6, 6.07) is 0. The Balaban J connectivity index is 2.66. The van der Waals surface area contributed by atoms with Gasteiger partial charge in [0.15, 0.2) is 5.92 Å². The number of rotatable bonds is 4. The van der Waals surface area contributed by atoms with Crippen LogP contribution < -0.4 is 0 Å². The zero-order valence-electron chi connectivity index (χ0n) is 9.44. The van der Waals surface area contributed by atoms with Crippen molar-refractivity contribution in [3.05, 3.63) is 0 Å². The summed E-state index contributed by atoms with van der Waals surface area (Å²) in [5.74, 6) is -3.27. The van der Waals surface area contributed by atoms with E-state index in [4.69, 9.17) is 5.11 Å². The number of esters is 1. The number of carbonyl (C=O) groups is 2. The molecule has 1 aliphatic carbocycles. The number of aliphatic hydroxyl groups is 1. The number of hydrogen-bond donors (Lipinski definition) is 2. The van der Waals surface area contributed by atoms with Gasteiger partial charge >= 0.3 is 11.9 Å². The molecule has 1 unspecified atom stereocenters. The van der Waals surface area contributed by atoms with E-state index in [2.05, 4.69) is 4.74 Å². The summed E-state index contributed by atoms with van der Waals surface area (Å²) in [5, 5.41) is 19.1. The zero-order valence-corrected chi connectivity index (χ0v) is 9.44.